The minimum absolute atomic E-state index is 0.195. The molecule has 3 amide bonds. The molecule has 0 aromatic rings. The lowest BCUT2D eigenvalue weighted by Crippen LogP contribution is -2.56. The summed E-state index contributed by atoms with van der Waals surface area (Å²) in [5.41, 5.74) is 5.53. The van der Waals surface area contributed by atoms with E-state index in [1.54, 1.807) is 0 Å². The number of amides is 3. The van der Waals surface area contributed by atoms with Crippen molar-refractivity contribution in [2.24, 2.45) is 5.73 Å². The van der Waals surface area contributed by atoms with Gasteiger partial charge in [0, 0.05) is 12.8 Å². The number of carboxylic acid groups (broad SMARTS) is 4. The first-order valence-electron chi connectivity index (χ1n) is 9.29. The Morgan fingerprint density at radius 3 is 1.66 bits per heavy atom. The number of hydrogen-bond donors (Lipinski definition) is 8. The largest absolute Gasteiger partial charge is 0.481 e. The molecule has 0 radical (unpaired) electrons. The molecule has 0 aromatic carbocycles. The first-order valence-corrected chi connectivity index (χ1v) is 9.29. The molecular weight excluding hydrogens is 436 g/mol. The van der Waals surface area contributed by atoms with Crippen molar-refractivity contribution in [2.45, 2.75) is 63.2 Å². The van der Waals surface area contributed by atoms with Gasteiger partial charge in [0.15, 0.2) is 0 Å². The van der Waals surface area contributed by atoms with Crippen LogP contribution in [0.4, 0.5) is 0 Å². The minimum Gasteiger partial charge on any atom is -0.481 e. The molecule has 0 rings (SSSR count). The summed E-state index contributed by atoms with van der Waals surface area (Å²) < 4.78 is 0. The Hall–Kier alpha value is -3.75. The second-order valence-electron chi connectivity index (χ2n) is 6.76. The highest BCUT2D eigenvalue weighted by Gasteiger charge is 2.30. The van der Waals surface area contributed by atoms with Crippen LogP contribution in [-0.4, -0.2) is 86.2 Å². The lowest BCUT2D eigenvalue weighted by molar-refractivity contribution is -0.147. The molecule has 32 heavy (non-hydrogen) atoms. The average molecular weight is 462 g/mol. The zero-order valence-electron chi connectivity index (χ0n) is 17.1. The number of nitrogens with two attached hydrogens (primary N) is 1. The Balaban J connectivity index is 5.16. The quantitative estimate of drug-likeness (QED) is 0.122. The SMILES string of the molecule is CC(NC(=O)C(N)CCC(=O)O)C(=O)NC(CCC(=O)O)C(=O)NC(CC(=O)O)C(=O)O. The molecule has 0 saturated carbocycles. The van der Waals surface area contributed by atoms with Crippen molar-refractivity contribution in [3.05, 3.63) is 0 Å². The van der Waals surface area contributed by atoms with Gasteiger partial charge in [-0.3, -0.25) is 28.8 Å². The van der Waals surface area contributed by atoms with Gasteiger partial charge in [-0.1, -0.05) is 0 Å². The summed E-state index contributed by atoms with van der Waals surface area (Å²) >= 11 is 0. The Morgan fingerprint density at radius 1 is 0.688 bits per heavy atom. The highest BCUT2D eigenvalue weighted by molar-refractivity contribution is 5.94. The van der Waals surface area contributed by atoms with Gasteiger partial charge in [-0.05, 0) is 19.8 Å². The van der Waals surface area contributed by atoms with Gasteiger partial charge in [0.25, 0.3) is 0 Å². The van der Waals surface area contributed by atoms with E-state index in [9.17, 15) is 33.6 Å². The van der Waals surface area contributed by atoms with E-state index in [2.05, 4.69) is 10.6 Å². The standard InChI is InChI=1S/C17H26N4O11/c1-7(19-15(29)8(18)2-4-11(22)23)14(28)20-9(3-5-12(24)25)16(30)21-10(17(31)32)6-13(26)27/h7-10H,2-6,18H2,1H3,(H,19,29)(H,20,28)(H,21,30)(H,22,23)(H,24,25)(H,26,27)(H,31,32). The van der Waals surface area contributed by atoms with Gasteiger partial charge in [0.2, 0.25) is 17.7 Å². The monoisotopic (exact) mass is 462 g/mol. The molecule has 180 valence electrons. The molecule has 0 aromatic heterocycles. The van der Waals surface area contributed by atoms with Crippen molar-refractivity contribution in [3.63, 3.8) is 0 Å². The lowest BCUT2D eigenvalue weighted by Gasteiger charge is -2.23. The molecule has 15 heteroatoms. The van der Waals surface area contributed by atoms with Crippen LogP contribution in [0.25, 0.3) is 0 Å². The topological polar surface area (TPSA) is 263 Å². The fraction of sp³-hybridized carbons (Fsp3) is 0.588. The van der Waals surface area contributed by atoms with Gasteiger partial charge >= 0.3 is 23.9 Å². The minimum atomic E-state index is -1.83. The molecule has 0 saturated heterocycles. The first-order chi connectivity index (χ1) is 14.7. The predicted octanol–water partition coefficient (Wildman–Crippen LogP) is -2.92. The fourth-order valence-electron chi connectivity index (χ4n) is 2.28. The molecule has 15 nitrogen and oxygen atoms in total. The molecule has 4 atom stereocenters. The van der Waals surface area contributed by atoms with Crippen molar-refractivity contribution >= 4 is 41.6 Å². The Kier molecular flexibility index (Phi) is 11.9. The van der Waals surface area contributed by atoms with E-state index in [1.165, 1.54) is 6.92 Å². The van der Waals surface area contributed by atoms with Crippen LogP contribution in [0, 0.1) is 0 Å². The third kappa shape index (κ3) is 11.4. The maximum atomic E-state index is 12.4. The fourth-order valence-corrected chi connectivity index (χ4v) is 2.28. The van der Waals surface area contributed by atoms with Crippen LogP contribution >= 0.6 is 0 Å². The molecule has 0 aliphatic carbocycles. The van der Waals surface area contributed by atoms with E-state index in [-0.39, 0.29) is 12.8 Å². The van der Waals surface area contributed by atoms with Crippen LogP contribution in [0.3, 0.4) is 0 Å². The number of hydrogen-bond acceptors (Lipinski definition) is 8. The molecular formula is C17H26N4O11. The molecule has 0 heterocycles. The van der Waals surface area contributed by atoms with Crippen molar-refractivity contribution in [3.8, 4) is 0 Å². The summed E-state index contributed by atoms with van der Waals surface area (Å²) in [5.74, 6) is -8.58. The van der Waals surface area contributed by atoms with Gasteiger partial charge in [0.05, 0.1) is 12.5 Å². The lowest BCUT2D eigenvalue weighted by atomic mass is 10.1. The summed E-state index contributed by atoms with van der Waals surface area (Å²) in [6, 6.07) is -5.87. The Labute approximate surface area is 181 Å². The van der Waals surface area contributed by atoms with E-state index in [4.69, 9.17) is 26.2 Å². The summed E-state index contributed by atoms with van der Waals surface area (Å²) in [7, 11) is 0. The summed E-state index contributed by atoms with van der Waals surface area (Å²) in [6.45, 7) is 1.22. The van der Waals surface area contributed by atoms with Gasteiger partial charge in [-0.15, -0.1) is 0 Å². The maximum Gasteiger partial charge on any atom is 0.326 e. The normalized spacial score (nSPS) is 14.2. The molecule has 0 aliphatic rings. The van der Waals surface area contributed by atoms with Gasteiger partial charge < -0.3 is 42.1 Å². The van der Waals surface area contributed by atoms with Crippen molar-refractivity contribution in [1.82, 2.24) is 16.0 Å². The molecule has 0 fully saturated rings. The summed E-state index contributed by atoms with van der Waals surface area (Å²) in [6.07, 6.45) is -2.57. The maximum absolute atomic E-state index is 12.4. The summed E-state index contributed by atoms with van der Waals surface area (Å²) in [5, 5.41) is 41.4. The molecule has 0 aliphatic heterocycles. The number of carboxylic acids is 4. The van der Waals surface area contributed by atoms with E-state index in [0.29, 0.717) is 0 Å². The average Bonchev–Trinajstić information content (AvgIpc) is 2.67. The first kappa shape index (κ1) is 28.2. The summed E-state index contributed by atoms with van der Waals surface area (Å²) in [4.78, 5) is 79.8. The highest BCUT2D eigenvalue weighted by atomic mass is 16.4. The van der Waals surface area contributed by atoms with E-state index in [0.717, 1.165) is 0 Å². The van der Waals surface area contributed by atoms with Crippen LogP contribution in [0.1, 0.15) is 39.0 Å². The van der Waals surface area contributed by atoms with Gasteiger partial charge in [-0.2, -0.15) is 0 Å². The molecule has 0 bridgehead atoms. The number of carbonyl (C=O) groups excluding carboxylic acids is 3. The second kappa shape index (κ2) is 13.5. The Bertz CT molecular complexity index is 755. The second-order valence-corrected chi connectivity index (χ2v) is 6.76. The zero-order valence-corrected chi connectivity index (χ0v) is 17.1. The number of aliphatic carboxylic acids is 4. The van der Waals surface area contributed by atoms with Crippen LogP contribution in [0.15, 0.2) is 0 Å². The van der Waals surface area contributed by atoms with Crippen molar-refractivity contribution in [2.75, 3.05) is 0 Å². The third-order valence-corrected chi connectivity index (χ3v) is 4.03. The Morgan fingerprint density at radius 2 is 1.19 bits per heavy atom. The van der Waals surface area contributed by atoms with Gasteiger partial charge in [-0.25, -0.2) is 4.79 Å². The predicted molar refractivity (Wildman–Crippen MR) is 103 cm³/mol. The third-order valence-electron chi connectivity index (χ3n) is 4.03. The zero-order chi connectivity index (χ0) is 25.0. The number of rotatable bonds is 15. The molecule has 9 N–H and O–H groups in total. The van der Waals surface area contributed by atoms with Crippen LogP contribution < -0.4 is 21.7 Å². The van der Waals surface area contributed by atoms with Crippen molar-refractivity contribution in [1.29, 1.82) is 0 Å². The van der Waals surface area contributed by atoms with E-state index >= 15 is 0 Å². The van der Waals surface area contributed by atoms with Crippen LogP contribution in [-0.2, 0) is 33.6 Å². The number of carbonyl (C=O) groups is 7. The molecule has 4 unspecified atom stereocenters. The van der Waals surface area contributed by atoms with Crippen LogP contribution in [0.5, 0.6) is 0 Å². The number of nitrogens with one attached hydrogen (secondary N) is 3. The van der Waals surface area contributed by atoms with Gasteiger partial charge in [0.1, 0.15) is 18.1 Å². The van der Waals surface area contributed by atoms with Crippen molar-refractivity contribution < 1.29 is 54.0 Å². The smallest absolute Gasteiger partial charge is 0.326 e. The van der Waals surface area contributed by atoms with E-state index in [1.807, 2.05) is 5.32 Å². The van der Waals surface area contributed by atoms with Crippen LogP contribution in [0.2, 0.25) is 0 Å². The highest BCUT2D eigenvalue weighted by Crippen LogP contribution is 2.03. The van der Waals surface area contributed by atoms with E-state index < -0.39 is 85.0 Å². The molecule has 0 spiro atoms.